The number of carbonyl (C=O) groups is 1. The van der Waals surface area contributed by atoms with E-state index in [9.17, 15) is 4.79 Å². The Morgan fingerprint density at radius 2 is 2.07 bits per heavy atom. The van der Waals surface area contributed by atoms with E-state index in [0.29, 0.717) is 11.5 Å². The quantitative estimate of drug-likeness (QED) is 0.701. The van der Waals surface area contributed by atoms with E-state index in [4.69, 9.17) is 4.42 Å². The summed E-state index contributed by atoms with van der Waals surface area (Å²) in [6, 6.07) is 7.30. The second kappa shape index (κ2) is 3.69. The molecule has 76 valence electrons. The van der Waals surface area contributed by atoms with Crippen molar-refractivity contribution in [2.75, 3.05) is 0 Å². The van der Waals surface area contributed by atoms with Crippen LogP contribution in [0.4, 0.5) is 0 Å². The van der Waals surface area contributed by atoms with Crippen molar-refractivity contribution in [3.63, 3.8) is 0 Å². The van der Waals surface area contributed by atoms with Gasteiger partial charge in [-0.25, -0.2) is 4.98 Å². The van der Waals surface area contributed by atoms with Crippen LogP contribution in [-0.2, 0) is 0 Å². The molecule has 3 nitrogen and oxygen atoms in total. The van der Waals surface area contributed by atoms with Crippen LogP contribution in [0.2, 0.25) is 0 Å². The Bertz CT molecular complexity index is 500. The summed E-state index contributed by atoms with van der Waals surface area (Å²) in [6.07, 6.45) is 1.58. The summed E-state index contributed by atoms with van der Waals surface area (Å²) in [5.41, 5.74) is 2.20. The second-order valence-electron chi connectivity index (χ2n) is 3.40. The Hall–Kier alpha value is -1.90. The van der Waals surface area contributed by atoms with Crippen LogP contribution < -0.4 is 0 Å². The van der Waals surface area contributed by atoms with Gasteiger partial charge in [0.05, 0.1) is 5.69 Å². The van der Waals surface area contributed by atoms with Crippen molar-refractivity contribution in [3.8, 4) is 11.5 Å². The van der Waals surface area contributed by atoms with Crippen molar-refractivity contribution in [1.29, 1.82) is 0 Å². The van der Waals surface area contributed by atoms with Crippen LogP contribution in [0.15, 0.2) is 34.9 Å². The third kappa shape index (κ3) is 1.81. The summed E-state index contributed by atoms with van der Waals surface area (Å²) in [5.74, 6) is 0.514. The summed E-state index contributed by atoms with van der Waals surface area (Å²) in [4.78, 5) is 15.6. The fourth-order valence-electron chi connectivity index (χ4n) is 1.45. The van der Waals surface area contributed by atoms with Gasteiger partial charge < -0.3 is 4.42 Å². The summed E-state index contributed by atoms with van der Waals surface area (Å²) >= 11 is 0. The zero-order chi connectivity index (χ0) is 10.8. The van der Waals surface area contributed by atoms with Gasteiger partial charge in [-0.1, -0.05) is 18.2 Å². The zero-order valence-electron chi connectivity index (χ0n) is 8.65. The SMILES string of the molecule is CC(=O)c1ccccc1-c1nc(C)co1. The van der Waals surface area contributed by atoms with Crippen molar-refractivity contribution in [3.05, 3.63) is 41.8 Å². The third-order valence-electron chi connectivity index (χ3n) is 2.16. The first kappa shape index (κ1) is 9.65. The van der Waals surface area contributed by atoms with Crippen LogP contribution in [0.1, 0.15) is 23.0 Å². The molecule has 0 aliphatic carbocycles. The number of nitrogens with zero attached hydrogens (tertiary/aromatic N) is 1. The number of hydrogen-bond acceptors (Lipinski definition) is 3. The first-order valence-electron chi connectivity index (χ1n) is 4.71. The van der Waals surface area contributed by atoms with E-state index < -0.39 is 0 Å². The van der Waals surface area contributed by atoms with Crippen molar-refractivity contribution < 1.29 is 9.21 Å². The molecule has 0 amide bonds. The molecule has 0 aliphatic rings. The molecule has 1 aromatic heterocycles. The number of aromatic nitrogens is 1. The highest BCUT2D eigenvalue weighted by Crippen LogP contribution is 2.23. The average Bonchev–Trinajstić information content (AvgIpc) is 2.65. The van der Waals surface area contributed by atoms with E-state index >= 15 is 0 Å². The van der Waals surface area contributed by atoms with Crippen LogP contribution >= 0.6 is 0 Å². The lowest BCUT2D eigenvalue weighted by molar-refractivity contribution is 0.101. The molecule has 2 rings (SSSR count). The number of Topliss-reactive ketones (excluding diaryl/α,β-unsaturated/α-hetero) is 1. The normalized spacial score (nSPS) is 10.3. The van der Waals surface area contributed by atoms with E-state index in [0.717, 1.165) is 11.3 Å². The first-order chi connectivity index (χ1) is 7.18. The minimum Gasteiger partial charge on any atom is -0.444 e. The van der Waals surface area contributed by atoms with Crippen LogP contribution in [0.5, 0.6) is 0 Å². The topological polar surface area (TPSA) is 43.1 Å². The lowest BCUT2D eigenvalue weighted by atomic mass is 10.0. The monoisotopic (exact) mass is 201 g/mol. The predicted octanol–water partition coefficient (Wildman–Crippen LogP) is 2.85. The predicted molar refractivity (Wildman–Crippen MR) is 56.7 cm³/mol. The van der Waals surface area contributed by atoms with Gasteiger partial charge in [0, 0.05) is 11.1 Å². The van der Waals surface area contributed by atoms with E-state index in [1.165, 1.54) is 6.92 Å². The Kier molecular flexibility index (Phi) is 2.37. The maximum Gasteiger partial charge on any atom is 0.226 e. The van der Waals surface area contributed by atoms with Gasteiger partial charge >= 0.3 is 0 Å². The minimum absolute atomic E-state index is 0.0152. The molecule has 0 N–H and O–H groups in total. The number of oxazole rings is 1. The second-order valence-corrected chi connectivity index (χ2v) is 3.40. The summed E-state index contributed by atoms with van der Waals surface area (Å²) in [5, 5.41) is 0. The molecular weight excluding hydrogens is 190 g/mol. The number of aryl methyl sites for hydroxylation is 1. The van der Waals surface area contributed by atoms with Gasteiger partial charge in [0.1, 0.15) is 6.26 Å². The molecule has 15 heavy (non-hydrogen) atoms. The van der Waals surface area contributed by atoms with Gasteiger partial charge in [-0.2, -0.15) is 0 Å². The summed E-state index contributed by atoms with van der Waals surface area (Å²) in [6.45, 7) is 3.39. The maximum absolute atomic E-state index is 11.4. The Balaban J connectivity index is 2.57. The third-order valence-corrected chi connectivity index (χ3v) is 2.16. The molecule has 0 spiro atoms. The standard InChI is InChI=1S/C12H11NO2/c1-8-7-15-12(13-8)11-6-4-3-5-10(11)9(2)14/h3-7H,1-2H3. The molecule has 0 unspecified atom stereocenters. The molecule has 0 aliphatic heterocycles. The molecule has 0 bridgehead atoms. The number of hydrogen-bond donors (Lipinski definition) is 0. The summed E-state index contributed by atoms with van der Waals surface area (Å²) in [7, 11) is 0. The number of carbonyl (C=O) groups excluding carboxylic acids is 1. The largest absolute Gasteiger partial charge is 0.444 e. The summed E-state index contributed by atoms with van der Waals surface area (Å²) < 4.78 is 5.28. The van der Waals surface area contributed by atoms with Gasteiger partial charge in [-0.15, -0.1) is 0 Å². The van der Waals surface area contributed by atoms with Gasteiger partial charge in [-0.05, 0) is 19.9 Å². The highest BCUT2D eigenvalue weighted by atomic mass is 16.3. The van der Waals surface area contributed by atoms with E-state index in [2.05, 4.69) is 4.98 Å². The van der Waals surface area contributed by atoms with Gasteiger partial charge in [0.2, 0.25) is 5.89 Å². The van der Waals surface area contributed by atoms with Crippen molar-refractivity contribution >= 4 is 5.78 Å². The van der Waals surface area contributed by atoms with E-state index in [1.807, 2.05) is 25.1 Å². The first-order valence-corrected chi connectivity index (χ1v) is 4.71. The van der Waals surface area contributed by atoms with Crippen LogP contribution in [0.3, 0.4) is 0 Å². The van der Waals surface area contributed by atoms with E-state index in [1.54, 1.807) is 12.3 Å². The fraction of sp³-hybridized carbons (Fsp3) is 0.167. The molecule has 0 radical (unpaired) electrons. The molecule has 0 fully saturated rings. The molecule has 2 aromatic rings. The molecule has 0 saturated heterocycles. The van der Waals surface area contributed by atoms with Crippen LogP contribution in [0, 0.1) is 6.92 Å². The van der Waals surface area contributed by atoms with Crippen molar-refractivity contribution in [1.82, 2.24) is 4.98 Å². The molecule has 3 heteroatoms. The highest BCUT2D eigenvalue weighted by Gasteiger charge is 2.12. The molecule has 1 aromatic carbocycles. The molecular formula is C12H11NO2. The minimum atomic E-state index is 0.0152. The van der Waals surface area contributed by atoms with Crippen LogP contribution in [0.25, 0.3) is 11.5 Å². The fourth-order valence-corrected chi connectivity index (χ4v) is 1.45. The molecule has 1 heterocycles. The average molecular weight is 201 g/mol. The molecule has 0 saturated carbocycles. The van der Waals surface area contributed by atoms with Crippen molar-refractivity contribution in [2.45, 2.75) is 13.8 Å². The maximum atomic E-state index is 11.4. The van der Waals surface area contributed by atoms with E-state index in [-0.39, 0.29) is 5.78 Å². The van der Waals surface area contributed by atoms with Gasteiger partial charge in [0.15, 0.2) is 5.78 Å². The van der Waals surface area contributed by atoms with Crippen LogP contribution in [-0.4, -0.2) is 10.8 Å². The Morgan fingerprint density at radius 3 is 2.67 bits per heavy atom. The van der Waals surface area contributed by atoms with Gasteiger partial charge in [-0.3, -0.25) is 4.79 Å². The highest BCUT2D eigenvalue weighted by molar-refractivity contribution is 5.99. The lowest BCUT2D eigenvalue weighted by Gasteiger charge is -2.01. The lowest BCUT2D eigenvalue weighted by Crippen LogP contribution is -1.95. The number of ketones is 1. The molecule has 0 atom stereocenters. The van der Waals surface area contributed by atoms with Gasteiger partial charge in [0.25, 0.3) is 0 Å². The Labute approximate surface area is 87.8 Å². The Morgan fingerprint density at radius 1 is 1.33 bits per heavy atom. The smallest absolute Gasteiger partial charge is 0.226 e. The number of benzene rings is 1. The number of rotatable bonds is 2. The van der Waals surface area contributed by atoms with Crippen molar-refractivity contribution in [2.24, 2.45) is 0 Å². The zero-order valence-corrected chi connectivity index (χ0v) is 8.65.